The van der Waals surface area contributed by atoms with Crippen LogP contribution in [0.2, 0.25) is 0 Å². The molecule has 4 heteroatoms. The third-order valence-corrected chi connectivity index (χ3v) is 3.07. The Morgan fingerprint density at radius 1 is 1.39 bits per heavy atom. The second kappa shape index (κ2) is 4.72. The number of hydrogen-bond donors (Lipinski definition) is 2. The highest BCUT2D eigenvalue weighted by atomic mass is 16.5. The fourth-order valence-electron chi connectivity index (χ4n) is 1.91. The van der Waals surface area contributed by atoms with E-state index >= 15 is 0 Å². The first-order valence-electron chi connectivity index (χ1n) is 6.30. The van der Waals surface area contributed by atoms with Gasteiger partial charge in [0.15, 0.2) is 0 Å². The Hall–Kier alpha value is -1.97. The highest BCUT2D eigenvalue weighted by molar-refractivity contribution is 5.80. The van der Waals surface area contributed by atoms with E-state index in [1.807, 2.05) is 30.5 Å². The molecule has 1 saturated carbocycles. The molecule has 1 amide bonds. The zero-order chi connectivity index (χ0) is 12.4. The number of H-pyrrole nitrogens is 1. The summed E-state index contributed by atoms with van der Waals surface area (Å²) in [6.45, 7) is 0.425. The van der Waals surface area contributed by atoms with Gasteiger partial charge in [-0.3, -0.25) is 4.79 Å². The summed E-state index contributed by atoms with van der Waals surface area (Å²) in [5, 5.41) is 4.06. The van der Waals surface area contributed by atoms with Gasteiger partial charge in [-0.05, 0) is 37.1 Å². The maximum atomic E-state index is 11.5. The summed E-state index contributed by atoms with van der Waals surface area (Å²) in [5.74, 6) is 0.890. The van der Waals surface area contributed by atoms with E-state index in [1.54, 1.807) is 0 Å². The molecule has 1 aromatic heterocycles. The third kappa shape index (κ3) is 2.64. The number of aromatic nitrogens is 1. The molecule has 2 N–H and O–H groups in total. The largest absolute Gasteiger partial charge is 0.493 e. The molecule has 0 spiro atoms. The standard InChI is InChI=1S/C14H16N2O2/c17-14(16-11-1-2-11)6-8-18-12-3-4-13-10(9-12)5-7-15-13/h3-5,7,9,11,15H,1-2,6,8H2,(H,16,17). The number of benzene rings is 1. The Morgan fingerprint density at radius 3 is 3.11 bits per heavy atom. The van der Waals surface area contributed by atoms with Crippen LogP contribution in [0.3, 0.4) is 0 Å². The van der Waals surface area contributed by atoms with E-state index < -0.39 is 0 Å². The van der Waals surface area contributed by atoms with Crippen LogP contribution in [-0.4, -0.2) is 23.5 Å². The number of rotatable bonds is 5. The molecule has 94 valence electrons. The molecule has 0 radical (unpaired) electrons. The first-order chi connectivity index (χ1) is 8.81. The van der Waals surface area contributed by atoms with Gasteiger partial charge in [0.2, 0.25) is 5.91 Å². The Morgan fingerprint density at radius 2 is 2.28 bits per heavy atom. The van der Waals surface area contributed by atoms with E-state index in [4.69, 9.17) is 4.74 Å². The zero-order valence-electron chi connectivity index (χ0n) is 10.1. The number of carbonyl (C=O) groups is 1. The lowest BCUT2D eigenvalue weighted by Crippen LogP contribution is -2.26. The Balaban J connectivity index is 1.50. The Labute approximate surface area is 105 Å². The van der Waals surface area contributed by atoms with Crippen molar-refractivity contribution in [3.05, 3.63) is 30.5 Å². The smallest absolute Gasteiger partial charge is 0.223 e. The minimum absolute atomic E-state index is 0.0835. The summed E-state index contributed by atoms with van der Waals surface area (Å²) < 4.78 is 5.58. The van der Waals surface area contributed by atoms with Gasteiger partial charge in [0.25, 0.3) is 0 Å². The highest BCUT2D eigenvalue weighted by Gasteiger charge is 2.22. The summed E-state index contributed by atoms with van der Waals surface area (Å²) in [6, 6.07) is 8.30. The van der Waals surface area contributed by atoms with Crippen molar-refractivity contribution in [3.63, 3.8) is 0 Å². The molecule has 1 fully saturated rings. The van der Waals surface area contributed by atoms with Crippen molar-refractivity contribution in [1.82, 2.24) is 10.3 Å². The first kappa shape index (κ1) is 11.1. The van der Waals surface area contributed by atoms with Crippen molar-refractivity contribution in [3.8, 4) is 5.75 Å². The molecule has 18 heavy (non-hydrogen) atoms. The fraction of sp³-hybridized carbons (Fsp3) is 0.357. The SMILES string of the molecule is O=C(CCOc1ccc2[nH]ccc2c1)NC1CC1. The van der Waals surface area contributed by atoms with Crippen molar-refractivity contribution >= 4 is 16.8 Å². The molecule has 0 aliphatic heterocycles. The van der Waals surface area contributed by atoms with Gasteiger partial charge in [-0.25, -0.2) is 0 Å². The molecule has 1 aromatic carbocycles. The molecule has 2 aromatic rings. The van der Waals surface area contributed by atoms with Gasteiger partial charge in [0.05, 0.1) is 13.0 Å². The lowest BCUT2D eigenvalue weighted by Gasteiger charge is -2.06. The van der Waals surface area contributed by atoms with Crippen molar-refractivity contribution in [1.29, 1.82) is 0 Å². The molecule has 0 atom stereocenters. The summed E-state index contributed by atoms with van der Waals surface area (Å²) in [5.41, 5.74) is 1.09. The van der Waals surface area contributed by atoms with E-state index in [-0.39, 0.29) is 5.91 Å². The average molecular weight is 244 g/mol. The molecule has 0 unspecified atom stereocenters. The predicted molar refractivity (Wildman–Crippen MR) is 69.6 cm³/mol. The van der Waals surface area contributed by atoms with Gasteiger partial charge >= 0.3 is 0 Å². The number of ether oxygens (including phenoxy) is 1. The second-order valence-corrected chi connectivity index (χ2v) is 4.67. The molecule has 0 saturated heterocycles. The molecule has 1 heterocycles. The molecule has 0 bridgehead atoms. The summed E-state index contributed by atoms with van der Waals surface area (Å²) in [6.07, 6.45) is 4.56. The third-order valence-electron chi connectivity index (χ3n) is 3.07. The van der Waals surface area contributed by atoms with Crippen LogP contribution >= 0.6 is 0 Å². The van der Waals surface area contributed by atoms with E-state index in [0.717, 1.165) is 29.5 Å². The van der Waals surface area contributed by atoms with Crippen LogP contribution in [0.15, 0.2) is 30.5 Å². The topological polar surface area (TPSA) is 54.1 Å². The Bertz CT molecular complexity index is 558. The lowest BCUT2D eigenvalue weighted by molar-refractivity contribution is -0.121. The van der Waals surface area contributed by atoms with E-state index in [2.05, 4.69) is 10.3 Å². The highest BCUT2D eigenvalue weighted by Crippen LogP contribution is 2.20. The van der Waals surface area contributed by atoms with Gasteiger partial charge in [0, 0.05) is 23.1 Å². The minimum atomic E-state index is 0.0835. The van der Waals surface area contributed by atoms with Gasteiger partial charge in [-0.2, -0.15) is 0 Å². The maximum Gasteiger partial charge on any atom is 0.223 e. The molecular weight excluding hydrogens is 228 g/mol. The molecule has 4 nitrogen and oxygen atoms in total. The van der Waals surface area contributed by atoms with Crippen LogP contribution < -0.4 is 10.1 Å². The summed E-state index contributed by atoms with van der Waals surface area (Å²) in [4.78, 5) is 14.6. The normalized spacial score (nSPS) is 14.7. The molecule has 1 aliphatic rings. The number of hydrogen-bond acceptors (Lipinski definition) is 2. The van der Waals surface area contributed by atoms with Crippen LogP contribution in [0.25, 0.3) is 10.9 Å². The van der Waals surface area contributed by atoms with Gasteiger partial charge in [0.1, 0.15) is 5.75 Å². The number of aromatic amines is 1. The summed E-state index contributed by atoms with van der Waals surface area (Å²) in [7, 11) is 0. The van der Waals surface area contributed by atoms with Crippen molar-refractivity contribution < 1.29 is 9.53 Å². The fourth-order valence-corrected chi connectivity index (χ4v) is 1.91. The molecule has 1 aliphatic carbocycles. The van der Waals surface area contributed by atoms with E-state index in [1.165, 1.54) is 0 Å². The van der Waals surface area contributed by atoms with Crippen molar-refractivity contribution in [2.24, 2.45) is 0 Å². The number of amides is 1. The monoisotopic (exact) mass is 244 g/mol. The molecule has 3 rings (SSSR count). The van der Waals surface area contributed by atoms with E-state index in [0.29, 0.717) is 19.1 Å². The first-order valence-corrected chi connectivity index (χ1v) is 6.30. The lowest BCUT2D eigenvalue weighted by atomic mass is 10.2. The Kier molecular flexibility index (Phi) is 2.92. The zero-order valence-corrected chi connectivity index (χ0v) is 10.1. The van der Waals surface area contributed by atoms with Crippen molar-refractivity contribution in [2.75, 3.05) is 6.61 Å². The summed E-state index contributed by atoms with van der Waals surface area (Å²) >= 11 is 0. The van der Waals surface area contributed by atoms with Crippen LogP contribution in [0.1, 0.15) is 19.3 Å². The van der Waals surface area contributed by atoms with Crippen molar-refractivity contribution in [2.45, 2.75) is 25.3 Å². The van der Waals surface area contributed by atoms with Crippen LogP contribution in [0.4, 0.5) is 0 Å². The minimum Gasteiger partial charge on any atom is -0.493 e. The van der Waals surface area contributed by atoms with Gasteiger partial charge in [-0.15, -0.1) is 0 Å². The van der Waals surface area contributed by atoms with Gasteiger partial charge < -0.3 is 15.0 Å². The average Bonchev–Trinajstić information content (AvgIpc) is 3.05. The van der Waals surface area contributed by atoms with Gasteiger partial charge in [-0.1, -0.05) is 0 Å². The number of carbonyl (C=O) groups excluding carboxylic acids is 1. The second-order valence-electron chi connectivity index (χ2n) is 4.67. The van der Waals surface area contributed by atoms with Crippen LogP contribution in [-0.2, 0) is 4.79 Å². The quantitative estimate of drug-likeness (QED) is 0.847. The number of fused-ring (bicyclic) bond motifs is 1. The maximum absolute atomic E-state index is 11.5. The number of nitrogens with one attached hydrogen (secondary N) is 2. The van der Waals surface area contributed by atoms with E-state index in [9.17, 15) is 4.79 Å². The molecular formula is C14H16N2O2. The van der Waals surface area contributed by atoms with Crippen LogP contribution in [0, 0.1) is 0 Å². The predicted octanol–water partition coefficient (Wildman–Crippen LogP) is 2.22. The van der Waals surface area contributed by atoms with Crippen LogP contribution in [0.5, 0.6) is 5.75 Å².